The minimum atomic E-state index is 0. The van der Waals surface area contributed by atoms with Crippen LogP contribution in [0.3, 0.4) is 0 Å². The van der Waals surface area contributed by atoms with Crippen molar-refractivity contribution >= 4 is 0 Å². The topological polar surface area (TPSA) is 25.8 Å². The van der Waals surface area contributed by atoms with Crippen LogP contribution in [0.4, 0.5) is 0 Å². The Kier molecular flexibility index (Phi) is 9.26. The van der Waals surface area contributed by atoms with E-state index in [4.69, 9.17) is 0 Å². The van der Waals surface area contributed by atoms with Crippen LogP contribution >= 0.6 is 0 Å². The average Bonchev–Trinajstić information content (AvgIpc) is 2.86. The van der Waals surface area contributed by atoms with Gasteiger partial charge in [0.25, 0.3) is 0 Å². The third-order valence-corrected chi connectivity index (χ3v) is 4.96. The summed E-state index contributed by atoms with van der Waals surface area (Å²) >= 11 is 0. The predicted molar refractivity (Wildman–Crippen MR) is 131 cm³/mol. The average molecular weight is 605 g/mol. The van der Waals surface area contributed by atoms with E-state index in [-0.39, 0.29) is 20.1 Å². The zero-order chi connectivity index (χ0) is 22.0. The fourth-order valence-electron chi connectivity index (χ4n) is 3.36. The van der Waals surface area contributed by atoms with Crippen LogP contribution in [0.25, 0.3) is 22.5 Å². The molecule has 2 nitrogen and oxygen atoms in total. The van der Waals surface area contributed by atoms with Crippen LogP contribution in [0.1, 0.15) is 16.7 Å². The molecule has 1 radical (unpaired) electrons. The van der Waals surface area contributed by atoms with E-state index < -0.39 is 0 Å². The molecule has 0 atom stereocenters. The van der Waals surface area contributed by atoms with Gasteiger partial charge in [-0.25, -0.2) is 0 Å². The van der Waals surface area contributed by atoms with Crippen molar-refractivity contribution in [1.82, 2.24) is 9.97 Å². The van der Waals surface area contributed by atoms with Crippen molar-refractivity contribution in [3.8, 4) is 22.5 Å². The SMILES string of the molecule is Cc1ccnc(-c2[c-]ccc(Cc3ccccc3)c2)c1.[Ir].[c-]1ccccc1-c1ccccn1. The van der Waals surface area contributed by atoms with Crippen LogP contribution in [0.15, 0.2) is 116 Å². The summed E-state index contributed by atoms with van der Waals surface area (Å²) in [6.45, 7) is 2.08. The molecular formula is C30H24IrN2-2. The third-order valence-electron chi connectivity index (χ3n) is 4.96. The molecule has 0 saturated carbocycles. The first-order valence-electron chi connectivity index (χ1n) is 10.6. The molecule has 0 amide bonds. The van der Waals surface area contributed by atoms with E-state index in [2.05, 4.69) is 71.5 Å². The van der Waals surface area contributed by atoms with Gasteiger partial charge in [0.15, 0.2) is 0 Å². The van der Waals surface area contributed by atoms with Gasteiger partial charge in [-0.3, -0.25) is 0 Å². The van der Waals surface area contributed by atoms with Gasteiger partial charge in [-0.05, 0) is 42.4 Å². The molecule has 0 fully saturated rings. The molecule has 165 valence electrons. The van der Waals surface area contributed by atoms with E-state index in [0.717, 1.165) is 28.9 Å². The number of aryl methyl sites for hydroxylation is 1. The van der Waals surface area contributed by atoms with Gasteiger partial charge in [-0.1, -0.05) is 54.1 Å². The zero-order valence-corrected chi connectivity index (χ0v) is 20.8. The van der Waals surface area contributed by atoms with E-state index in [0.29, 0.717) is 0 Å². The molecule has 3 aromatic carbocycles. The van der Waals surface area contributed by atoms with Crippen molar-refractivity contribution in [2.45, 2.75) is 13.3 Å². The van der Waals surface area contributed by atoms with Crippen LogP contribution in [0.2, 0.25) is 0 Å². The largest absolute Gasteiger partial charge is 0.305 e. The Balaban J connectivity index is 0.000000202. The molecule has 0 aliphatic heterocycles. The number of nitrogens with zero attached hydrogens (tertiary/aromatic N) is 2. The molecule has 5 rings (SSSR count). The van der Waals surface area contributed by atoms with Crippen LogP contribution in [-0.2, 0) is 26.5 Å². The number of hydrogen-bond acceptors (Lipinski definition) is 2. The maximum atomic E-state index is 4.43. The molecule has 5 aromatic rings. The minimum absolute atomic E-state index is 0. The van der Waals surface area contributed by atoms with E-state index in [1.807, 2.05) is 66.9 Å². The van der Waals surface area contributed by atoms with E-state index in [1.54, 1.807) is 6.20 Å². The van der Waals surface area contributed by atoms with Crippen molar-refractivity contribution in [3.63, 3.8) is 0 Å². The Bertz CT molecular complexity index is 1200. The summed E-state index contributed by atoms with van der Waals surface area (Å²) < 4.78 is 0. The second-order valence-electron chi connectivity index (χ2n) is 7.48. The van der Waals surface area contributed by atoms with Crippen LogP contribution in [0.5, 0.6) is 0 Å². The van der Waals surface area contributed by atoms with Crippen molar-refractivity contribution in [2.75, 3.05) is 0 Å². The summed E-state index contributed by atoms with van der Waals surface area (Å²) in [5, 5.41) is 0. The molecule has 0 bridgehead atoms. The number of pyridine rings is 2. The summed E-state index contributed by atoms with van der Waals surface area (Å²) in [5.74, 6) is 0. The first-order valence-corrected chi connectivity index (χ1v) is 10.6. The van der Waals surface area contributed by atoms with Gasteiger partial charge >= 0.3 is 0 Å². The second-order valence-corrected chi connectivity index (χ2v) is 7.48. The molecule has 2 aromatic heterocycles. The maximum absolute atomic E-state index is 4.43. The maximum Gasteiger partial charge on any atom is 0.0163 e. The summed E-state index contributed by atoms with van der Waals surface area (Å²) in [6, 6.07) is 41.0. The zero-order valence-electron chi connectivity index (χ0n) is 18.4. The van der Waals surface area contributed by atoms with E-state index >= 15 is 0 Å². The third kappa shape index (κ3) is 7.32. The fourth-order valence-corrected chi connectivity index (χ4v) is 3.36. The Morgan fingerprint density at radius 2 is 1.36 bits per heavy atom. The van der Waals surface area contributed by atoms with Gasteiger partial charge in [0.2, 0.25) is 0 Å². The normalized spacial score (nSPS) is 9.85. The molecule has 0 aliphatic rings. The second kappa shape index (κ2) is 12.6. The molecule has 0 saturated heterocycles. The summed E-state index contributed by atoms with van der Waals surface area (Å²) in [5.41, 5.74) is 7.88. The summed E-state index contributed by atoms with van der Waals surface area (Å²) in [7, 11) is 0. The van der Waals surface area contributed by atoms with Gasteiger partial charge in [-0.2, -0.15) is 0 Å². The molecular weight excluding hydrogens is 581 g/mol. The van der Waals surface area contributed by atoms with Gasteiger partial charge in [0, 0.05) is 32.5 Å². The first kappa shape index (κ1) is 24.3. The molecule has 0 N–H and O–H groups in total. The van der Waals surface area contributed by atoms with Crippen LogP contribution in [0, 0.1) is 19.1 Å². The fraction of sp³-hybridized carbons (Fsp3) is 0.0667. The van der Waals surface area contributed by atoms with Gasteiger partial charge in [0.1, 0.15) is 0 Å². The summed E-state index contributed by atoms with van der Waals surface area (Å²) in [6.07, 6.45) is 4.58. The Labute approximate surface area is 209 Å². The van der Waals surface area contributed by atoms with E-state index in [9.17, 15) is 0 Å². The Morgan fingerprint density at radius 1 is 0.606 bits per heavy atom. The number of aromatic nitrogens is 2. The number of benzene rings is 3. The number of hydrogen-bond donors (Lipinski definition) is 0. The molecule has 2 heterocycles. The quantitative estimate of drug-likeness (QED) is 0.207. The molecule has 3 heteroatoms. The van der Waals surface area contributed by atoms with Crippen LogP contribution in [-0.4, -0.2) is 9.97 Å². The minimum Gasteiger partial charge on any atom is -0.305 e. The van der Waals surface area contributed by atoms with Gasteiger partial charge in [-0.15, -0.1) is 71.3 Å². The van der Waals surface area contributed by atoms with Gasteiger partial charge < -0.3 is 9.97 Å². The van der Waals surface area contributed by atoms with Crippen molar-refractivity contribution in [3.05, 3.63) is 144 Å². The molecule has 0 spiro atoms. The smallest absolute Gasteiger partial charge is 0.0163 e. The summed E-state index contributed by atoms with van der Waals surface area (Å²) in [4.78, 5) is 8.64. The molecule has 33 heavy (non-hydrogen) atoms. The van der Waals surface area contributed by atoms with Crippen molar-refractivity contribution in [2.24, 2.45) is 0 Å². The number of rotatable bonds is 4. The Hall–Kier alpha value is -3.39. The van der Waals surface area contributed by atoms with Crippen LogP contribution < -0.4 is 0 Å². The van der Waals surface area contributed by atoms with Gasteiger partial charge in [0.05, 0.1) is 0 Å². The van der Waals surface area contributed by atoms with Crippen molar-refractivity contribution in [1.29, 1.82) is 0 Å². The Morgan fingerprint density at radius 3 is 2.09 bits per heavy atom. The monoisotopic (exact) mass is 605 g/mol. The standard InChI is InChI=1S/C19H16N.C11H8N.Ir/c1-15-10-11-20-19(12-15)18-9-5-8-17(14-18)13-16-6-3-2-4-7-16;1-2-6-10(7-3-1)11-8-4-5-9-12-11;/h2-8,10-12,14H,13H2,1H3;1-6,8-9H;/q2*-1;. The predicted octanol–water partition coefficient (Wildman–Crippen LogP) is 6.99. The van der Waals surface area contributed by atoms with Crippen molar-refractivity contribution < 1.29 is 20.1 Å². The molecule has 0 aliphatic carbocycles. The first-order chi connectivity index (χ1) is 15.8. The molecule has 0 unspecified atom stereocenters. The van der Waals surface area contributed by atoms with E-state index in [1.165, 1.54) is 16.7 Å².